The first kappa shape index (κ1) is 14.4. The predicted molar refractivity (Wildman–Crippen MR) is 61.4 cm³/mol. The second-order valence-electron chi connectivity index (χ2n) is 3.87. The van der Waals surface area contributed by atoms with Crippen LogP contribution < -0.4 is 5.32 Å². The van der Waals surface area contributed by atoms with E-state index in [1.165, 1.54) is 0 Å². The van der Waals surface area contributed by atoms with Gasteiger partial charge in [-0.3, -0.25) is 4.79 Å². The first-order valence-corrected chi connectivity index (χ1v) is 7.39. The molecule has 0 aromatic rings. The monoisotopic (exact) mass is 235 g/mol. The van der Waals surface area contributed by atoms with Crippen LogP contribution in [0.2, 0.25) is 0 Å². The summed E-state index contributed by atoms with van der Waals surface area (Å²) < 4.78 is 21.6. The van der Waals surface area contributed by atoms with Crippen molar-refractivity contribution in [3.8, 4) is 0 Å². The van der Waals surface area contributed by atoms with Gasteiger partial charge in [0.25, 0.3) is 0 Å². The van der Waals surface area contributed by atoms with Crippen LogP contribution in [0, 0.1) is 5.92 Å². The van der Waals surface area contributed by atoms with Gasteiger partial charge in [-0.25, -0.2) is 8.42 Å². The molecule has 0 unspecified atom stereocenters. The van der Waals surface area contributed by atoms with E-state index in [1.54, 1.807) is 0 Å². The van der Waals surface area contributed by atoms with E-state index in [0.29, 0.717) is 12.5 Å². The summed E-state index contributed by atoms with van der Waals surface area (Å²) in [5.41, 5.74) is 0. The van der Waals surface area contributed by atoms with Crippen molar-refractivity contribution in [1.82, 2.24) is 5.32 Å². The van der Waals surface area contributed by atoms with Crippen molar-refractivity contribution < 1.29 is 13.2 Å². The van der Waals surface area contributed by atoms with E-state index < -0.39 is 9.84 Å². The fraction of sp³-hybridized carbons (Fsp3) is 0.900. The lowest BCUT2D eigenvalue weighted by atomic mass is 10.0. The van der Waals surface area contributed by atoms with E-state index in [4.69, 9.17) is 0 Å². The number of carbonyl (C=O) groups excluding carboxylic acids is 1. The Bertz CT molecular complexity index is 281. The van der Waals surface area contributed by atoms with Crippen molar-refractivity contribution in [1.29, 1.82) is 0 Å². The SMILES string of the molecule is CCC(CC)CNC(=O)CCS(C)(=O)=O. The fourth-order valence-corrected chi connectivity index (χ4v) is 1.76. The second-order valence-corrected chi connectivity index (χ2v) is 6.13. The number of sulfone groups is 1. The molecule has 0 spiro atoms. The molecule has 0 aromatic carbocycles. The molecule has 1 N–H and O–H groups in total. The Balaban J connectivity index is 3.76. The third-order valence-corrected chi connectivity index (χ3v) is 3.39. The molecule has 0 heterocycles. The second kappa shape index (κ2) is 6.82. The lowest BCUT2D eigenvalue weighted by Crippen LogP contribution is -2.30. The van der Waals surface area contributed by atoms with Gasteiger partial charge in [0.2, 0.25) is 5.91 Å². The molecule has 0 saturated carbocycles. The topological polar surface area (TPSA) is 63.2 Å². The summed E-state index contributed by atoms with van der Waals surface area (Å²) in [6.07, 6.45) is 3.27. The molecule has 0 aliphatic rings. The minimum atomic E-state index is -3.03. The highest BCUT2D eigenvalue weighted by molar-refractivity contribution is 7.90. The smallest absolute Gasteiger partial charge is 0.221 e. The maximum atomic E-state index is 11.3. The summed E-state index contributed by atoms with van der Waals surface area (Å²) in [5, 5.41) is 2.75. The average molecular weight is 235 g/mol. The van der Waals surface area contributed by atoms with Gasteiger partial charge in [0.05, 0.1) is 5.75 Å². The number of rotatable bonds is 7. The Labute approximate surface area is 92.4 Å². The number of carbonyl (C=O) groups is 1. The van der Waals surface area contributed by atoms with E-state index in [-0.39, 0.29) is 18.1 Å². The molecule has 0 aliphatic heterocycles. The molecular weight excluding hydrogens is 214 g/mol. The highest BCUT2D eigenvalue weighted by Crippen LogP contribution is 2.05. The molecule has 0 atom stereocenters. The summed E-state index contributed by atoms with van der Waals surface area (Å²) in [6.45, 7) is 4.81. The van der Waals surface area contributed by atoms with Gasteiger partial charge < -0.3 is 5.32 Å². The quantitative estimate of drug-likeness (QED) is 0.715. The number of amides is 1. The van der Waals surface area contributed by atoms with Crippen LogP contribution in [-0.4, -0.2) is 32.9 Å². The summed E-state index contributed by atoms with van der Waals surface area (Å²) in [7, 11) is -3.03. The minimum absolute atomic E-state index is 0.0677. The van der Waals surface area contributed by atoms with E-state index in [0.717, 1.165) is 19.1 Å². The predicted octanol–water partition coefficient (Wildman–Crippen LogP) is 0.974. The lowest BCUT2D eigenvalue weighted by molar-refractivity contribution is -0.120. The zero-order valence-electron chi connectivity index (χ0n) is 9.75. The minimum Gasteiger partial charge on any atom is -0.356 e. The van der Waals surface area contributed by atoms with Crippen LogP contribution >= 0.6 is 0 Å². The molecule has 1 amide bonds. The molecule has 90 valence electrons. The van der Waals surface area contributed by atoms with E-state index in [1.807, 2.05) is 0 Å². The van der Waals surface area contributed by atoms with Crippen LogP contribution in [0.4, 0.5) is 0 Å². The molecule has 0 saturated heterocycles. The van der Waals surface area contributed by atoms with Crippen LogP contribution in [0.1, 0.15) is 33.1 Å². The number of hydrogen-bond donors (Lipinski definition) is 1. The van der Waals surface area contributed by atoms with Crippen LogP contribution in [0.5, 0.6) is 0 Å². The maximum Gasteiger partial charge on any atom is 0.221 e. The average Bonchev–Trinajstić information content (AvgIpc) is 2.15. The normalized spacial score (nSPS) is 11.7. The highest BCUT2D eigenvalue weighted by Gasteiger charge is 2.09. The maximum absolute atomic E-state index is 11.3. The first-order chi connectivity index (χ1) is 6.89. The fourth-order valence-electron chi connectivity index (χ4n) is 1.20. The first-order valence-electron chi connectivity index (χ1n) is 5.33. The van der Waals surface area contributed by atoms with Crippen molar-refractivity contribution in [3.05, 3.63) is 0 Å². The Morgan fingerprint density at radius 2 is 1.80 bits per heavy atom. The molecule has 0 aliphatic carbocycles. The van der Waals surface area contributed by atoms with Gasteiger partial charge in [0.1, 0.15) is 9.84 Å². The lowest BCUT2D eigenvalue weighted by Gasteiger charge is -2.12. The molecule has 5 heteroatoms. The Hall–Kier alpha value is -0.580. The largest absolute Gasteiger partial charge is 0.356 e. The zero-order chi connectivity index (χ0) is 11.9. The van der Waals surface area contributed by atoms with Gasteiger partial charge in [-0.1, -0.05) is 26.7 Å². The third kappa shape index (κ3) is 8.42. The van der Waals surface area contributed by atoms with Crippen molar-refractivity contribution in [3.63, 3.8) is 0 Å². The van der Waals surface area contributed by atoms with Crippen LogP contribution in [0.15, 0.2) is 0 Å². The molecular formula is C10H21NO3S. The van der Waals surface area contributed by atoms with E-state index in [2.05, 4.69) is 19.2 Å². The number of hydrogen-bond acceptors (Lipinski definition) is 3. The van der Waals surface area contributed by atoms with Gasteiger partial charge in [0, 0.05) is 19.2 Å². The molecule has 0 rings (SSSR count). The Morgan fingerprint density at radius 1 is 1.27 bits per heavy atom. The molecule has 4 nitrogen and oxygen atoms in total. The van der Waals surface area contributed by atoms with Crippen molar-refractivity contribution in [2.45, 2.75) is 33.1 Å². The van der Waals surface area contributed by atoms with Crippen molar-refractivity contribution >= 4 is 15.7 Å². The zero-order valence-corrected chi connectivity index (χ0v) is 10.6. The third-order valence-electron chi connectivity index (χ3n) is 2.44. The number of nitrogens with one attached hydrogen (secondary N) is 1. The summed E-state index contributed by atoms with van der Waals surface area (Å²) >= 11 is 0. The highest BCUT2D eigenvalue weighted by atomic mass is 32.2. The summed E-state index contributed by atoms with van der Waals surface area (Å²) in [4.78, 5) is 11.3. The van der Waals surface area contributed by atoms with Gasteiger partial charge in [-0.05, 0) is 5.92 Å². The summed E-state index contributed by atoms with van der Waals surface area (Å²) in [5.74, 6) is 0.251. The standard InChI is InChI=1S/C10H21NO3S/c1-4-9(5-2)8-11-10(12)6-7-15(3,13)14/h9H,4-8H2,1-3H3,(H,11,12). The molecule has 0 aromatic heterocycles. The molecule has 0 bridgehead atoms. The van der Waals surface area contributed by atoms with Crippen LogP contribution in [0.3, 0.4) is 0 Å². The van der Waals surface area contributed by atoms with Crippen molar-refractivity contribution in [2.75, 3.05) is 18.6 Å². The van der Waals surface area contributed by atoms with Gasteiger partial charge in [0.15, 0.2) is 0 Å². The van der Waals surface area contributed by atoms with Crippen LogP contribution in [-0.2, 0) is 14.6 Å². The van der Waals surface area contributed by atoms with Gasteiger partial charge >= 0.3 is 0 Å². The van der Waals surface area contributed by atoms with Crippen LogP contribution in [0.25, 0.3) is 0 Å². The molecule has 0 radical (unpaired) electrons. The van der Waals surface area contributed by atoms with Gasteiger partial charge in [-0.15, -0.1) is 0 Å². The Kier molecular flexibility index (Phi) is 6.56. The van der Waals surface area contributed by atoms with E-state index in [9.17, 15) is 13.2 Å². The van der Waals surface area contributed by atoms with Crippen molar-refractivity contribution in [2.24, 2.45) is 5.92 Å². The molecule has 15 heavy (non-hydrogen) atoms. The molecule has 0 fully saturated rings. The van der Waals surface area contributed by atoms with Gasteiger partial charge in [-0.2, -0.15) is 0 Å². The Morgan fingerprint density at radius 3 is 2.20 bits per heavy atom. The van der Waals surface area contributed by atoms with E-state index >= 15 is 0 Å². The summed E-state index contributed by atoms with van der Waals surface area (Å²) in [6, 6.07) is 0.